The van der Waals surface area contributed by atoms with Gasteiger partial charge in [0.25, 0.3) is 0 Å². The summed E-state index contributed by atoms with van der Waals surface area (Å²) in [4.78, 5) is 20.0. The normalized spacial score (nSPS) is 18.8. The van der Waals surface area contributed by atoms with Crippen molar-refractivity contribution in [2.45, 2.75) is 25.4 Å². The van der Waals surface area contributed by atoms with Crippen LogP contribution in [0, 0.1) is 0 Å². The minimum absolute atomic E-state index is 0.479. The van der Waals surface area contributed by atoms with Crippen LogP contribution in [0.25, 0.3) is 0 Å². The second kappa shape index (κ2) is 7.23. The van der Waals surface area contributed by atoms with Gasteiger partial charge in [-0.25, -0.2) is 15.0 Å². The quantitative estimate of drug-likeness (QED) is 0.836. The van der Waals surface area contributed by atoms with E-state index in [0.29, 0.717) is 6.04 Å². The first kappa shape index (κ1) is 16.1. The average Bonchev–Trinajstić information content (AvgIpc) is 3.07. The summed E-state index contributed by atoms with van der Waals surface area (Å²) >= 11 is 1.67. The number of aromatic nitrogens is 3. The van der Waals surface area contributed by atoms with Gasteiger partial charge >= 0.3 is 0 Å². The maximum Gasteiger partial charge on any atom is 0.134 e. The molecule has 0 N–H and O–H groups in total. The molecule has 0 bridgehead atoms. The maximum atomic E-state index is 4.46. The van der Waals surface area contributed by atoms with E-state index in [-0.39, 0.29) is 0 Å². The molecule has 1 aliphatic heterocycles. The molecule has 7 heteroatoms. The highest BCUT2D eigenvalue weighted by Gasteiger charge is 2.24. The third-order valence-electron chi connectivity index (χ3n) is 4.36. The molecular weight excluding hydrogens is 308 g/mol. The van der Waals surface area contributed by atoms with E-state index in [0.717, 1.165) is 31.3 Å². The highest BCUT2D eigenvalue weighted by atomic mass is 32.1. The van der Waals surface area contributed by atoms with Crippen LogP contribution in [0.5, 0.6) is 0 Å². The van der Waals surface area contributed by atoms with Crippen molar-refractivity contribution in [3.63, 3.8) is 0 Å². The predicted molar refractivity (Wildman–Crippen MR) is 95.2 cm³/mol. The standard InChI is InChI=1S/C16H24N6S/c1-20(2)15-7-16(18-11-17-15)21(3)14-5-4-6-22(9-14)8-13-10-23-12-19-13/h7,10-12,14H,4-6,8-9H2,1-3H3. The van der Waals surface area contributed by atoms with Gasteiger partial charge in [-0.1, -0.05) is 0 Å². The fraction of sp³-hybridized carbons (Fsp3) is 0.562. The van der Waals surface area contributed by atoms with Gasteiger partial charge in [-0.3, -0.25) is 4.90 Å². The predicted octanol–water partition coefficient (Wildman–Crippen LogP) is 2.10. The summed E-state index contributed by atoms with van der Waals surface area (Å²) in [5, 5.41) is 2.14. The van der Waals surface area contributed by atoms with Crippen LogP contribution in [0.2, 0.25) is 0 Å². The van der Waals surface area contributed by atoms with Crippen LogP contribution in [0.4, 0.5) is 11.6 Å². The van der Waals surface area contributed by atoms with Crippen molar-refractivity contribution < 1.29 is 0 Å². The van der Waals surface area contributed by atoms with E-state index in [2.05, 4.69) is 43.2 Å². The van der Waals surface area contributed by atoms with Gasteiger partial charge < -0.3 is 9.80 Å². The fourth-order valence-corrected chi connectivity index (χ4v) is 3.55. The Morgan fingerprint density at radius 1 is 1.22 bits per heavy atom. The molecule has 0 amide bonds. The van der Waals surface area contributed by atoms with Crippen LogP contribution in [-0.2, 0) is 6.54 Å². The van der Waals surface area contributed by atoms with Gasteiger partial charge in [-0.2, -0.15) is 0 Å². The van der Waals surface area contributed by atoms with E-state index in [1.54, 1.807) is 17.7 Å². The molecule has 0 aliphatic carbocycles. The van der Waals surface area contributed by atoms with Crippen molar-refractivity contribution in [1.82, 2.24) is 19.9 Å². The number of hydrogen-bond acceptors (Lipinski definition) is 7. The van der Waals surface area contributed by atoms with Gasteiger partial charge in [-0.05, 0) is 19.4 Å². The Morgan fingerprint density at radius 2 is 2.04 bits per heavy atom. The Kier molecular flexibility index (Phi) is 5.07. The summed E-state index contributed by atoms with van der Waals surface area (Å²) in [6.07, 6.45) is 4.06. The van der Waals surface area contributed by atoms with Gasteiger partial charge in [0.1, 0.15) is 18.0 Å². The number of anilines is 2. The summed E-state index contributed by atoms with van der Waals surface area (Å²) in [5.74, 6) is 1.93. The van der Waals surface area contributed by atoms with E-state index in [1.807, 2.05) is 24.5 Å². The van der Waals surface area contributed by atoms with Crippen molar-refractivity contribution in [3.05, 3.63) is 29.0 Å². The number of rotatable bonds is 5. The Morgan fingerprint density at radius 3 is 2.78 bits per heavy atom. The first-order valence-corrected chi connectivity index (χ1v) is 8.89. The molecule has 2 aromatic heterocycles. The maximum absolute atomic E-state index is 4.46. The molecule has 3 heterocycles. The SMILES string of the molecule is CN(C)c1cc(N(C)C2CCCN(Cc3cscn3)C2)ncn1. The molecule has 0 spiro atoms. The van der Waals surface area contributed by atoms with Crippen LogP contribution < -0.4 is 9.80 Å². The van der Waals surface area contributed by atoms with E-state index in [9.17, 15) is 0 Å². The molecule has 6 nitrogen and oxygen atoms in total. The van der Waals surface area contributed by atoms with Gasteiger partial charge in [0.2, 0.25) is 0 Å². The minimum atomic E-state index is 0.479. The molecule has 2 aromatic rings. The van der Waals surface area contributed by atoms with E-state index < -0.39 is 0 Å². The third-order valence-corrected chi connectivity index (χ3v) is 4.99. The molecule has 1 atom stereocenters. The molecule has 124 valence electrons. The van der Waals surface area contributed by atoms with Crippen molar-refractivity contribution >= 4 is 23.0 Å². The summed E-state index contributed by atoms with van der Waals surface area (Å²) < 4.78 is 0. The molecule has 3 rings (SSSR count). The molecule has 0 radical (unpaired) electrons. The van der Waals surface area contributed by atoms with E-state index in [4.69, 9.17) is 0 Å². The Hall–Kier alpha value is -1.73. The summed E-state index contributed by atoms with van der Waals surface area (Å²) in [7, 11) is 6.14. The Balaban J connectivity index is 1.66. The van der Waals surface area contributed by atoms with Crippen LogP contribution in [-0.4, -0.2) is 60.1 Å². The van der Waals surface area contributed by atoms with E-state index >= 15 is 0 Å². The highest BCUT2D eigenvalue weighted by molar-refractivity contribution is 7.07. The zero-order chi connectivity index (χ0) is 16.2. The van der Waals surface area contributed by atoms with Crippen molar-refractivity contribution in [3.8, 4) is 0 Å². The molecule has 1 aliphatic rings. The van der Waals surface area contributed by atoms with Crippen molar-refractivity contribution in [2.75, 3.05) is 44.0 Å². The lowest BCUT2D eigenvalue weighted by atomic mass is 10.0. The van der Waals surface area contributed by atoms with Gasteiger partial charge in [-0.15, -0.1) is 11.3 Å². The zero-order valence-corrected chi connectivity index (χ0v) is 14.8. The number of likely N-dealkylation sites (N-methyl/N-ethyl adjacent to an activating group) is 1. The van der Waals surface area contributed by atoms with E-state index in [1.165, 1.54) is 18.5 Å². The summed E-state index contributed by atoms with van der Waals surface area (Å²) in [5.41, 5.74) is 3.09. The third kappa shape index (κ3) is 3.97. The first-order valence-electron chi connectivity index (χ1n) is 7.95. The molecular formula is C16H24N6S. The lowest BCUT2D eigenvalue weighted by molar-refractivity contribution is 0.196. The average molecular weight is 332 g/mol. The lowest BCUT2D eigenvalue weighted by Gasteiger charge is -2.38. The molecule has 1 fully saturated rings. The van der Waals surface area contributed by atoms with Crippen LogP contribution in [0.1, 0.15) is 18.5 Å². The second-order valence-electron chi connectivity index (χ2n) is 6.25. The smallest absolute Gasteiger partial charge is 0.134 e. The zero-order valence-electron chi connectivity index (χ0n) is 14.0. The topological polar surface area (TPSA) is 48.4 Å². The number of piperidine rings is 1. The first-order chi connectivity index (χ1) is 11.1. The molecule has 0 saturated carbocycles. The molecule has 0 aromatic carbocycles. The van der Waals surface area contributed by atoms with Gasteiger partial charge in [0.05, 0.1) is 11.2 Å². The fourth-order valence-electron chi connectivity index (χ4n) is 3.00. The molecule has 1 unspecified atom stereocenters. The molecule has 23 heavy (non-hydrogen) atoms. The Labute approximate surface area is 141 Å². The largest absolute Gasteiger partial charge is 0.363 e. The number of thiazole rings is 1. The lowest BCUT2D eigenvalue weighted by Crippen LogP contribution is -2.46. The number of hydrogen-bond donors (Lipinski definition) is 0. The number of nitrogens with zero attached hydrogens (tertiary/aromatic N) is 6. The number of likely N-dealkylation sites (tertiary alicyclic amines) is 1. The van der Waals surface area contributed by atoms with Crippen LogP contribution in [0.15, 0.2) is 23.3 Å². The van der Waals surface area contributed by atoms with Crippen molar-refractivity contribution in [1.29, 1.82) is 0 Å². The molecule has 1 saturated heterocycles. The van der Waals surface area contributed by atoms with Gasteiger partial charge in [0.15, 0.2) is 0 Å². The summed E-state index contributed by atoms with van der Waals surface area (Å²) in [6, 6.07) is 2.53. The second-order valence-corrected chi connectivity index (χ2v) is 6.97. The summed E-state index contributed by atoms with van der Waals surface area (Å²) in [6.45, 7) is 3.14. The monoisotopic (exact) mass is 332 g/mol. The Bertz CT molecular complexity index is 615. The van der Waals surface area contributed by atoms with Crippen molar-refractivity contribution in [2.24, 2.45) is 0 Å². The highest BCUT2D eigenvalue weighted by Crippen LogP contribution is 2.22. The minimum Gasteiger partial charge on any atom is -0.363 e. The van der Waals surface area contributed by atoms with Crippen LogP contribution >= 0.6 is 11.3 Å². The van der Waals surface area contributed by atoms with Crippen LogP contribution in [0.3, 0.4) is 0 Å². The van der Waals surface area contributed by atoms with Gasteiger partial charge in [0, 0.05) is 51.7 Å².